The maximum atomic E-state index is 13.4. The molecule has 2 aromatic heterocycles. The molecule has 2 aromatic rings. The normalized spacial score (nSPS) is 31.9. The molecule has 2 unspecified atom stereocenters. The van der Waals surface area contributed by atoms with Gasteiger partial charge in [-0.05, 0) is 55.7 Å². The monoisotopic (exact) mass is 602 g/mol. The van der Waals surface area contributed by atoms with Crippen LogP contribution in [0.2, 0.25) is 0 Å². The SMILES string of the molecule is C/C(=C\c1csc(C)n1)C1CC2[C@@H](CCC[C@H](C)[C@H](O)[C@@H](C)C(=O)C(C)(C)[C@@H](O)CC(=O)O1)N2C(=O)c1cccs1. The van der Waals surface area contributed by atoms with Crippen molar-refractivity contribution in [1.82, 2.24) is 9.88 Å². The second-order valence-corrected chi connectivity index (χ2v) is 14.2. The van der Waals surface area contributed by atoms with Gasteiger partial charge in [-0.3, -0.25) is 14.4 Å². The molecule has 4 rings (SSSR count). The third-order valence-corrected chi connectivity index (χ3v) is 10.4. The molecule has 0 bridgehead atoms. The fraction of sp³-hybridized carbons (Fsp3) is 0.613. The van der Waals surface area contributed by atoms with Gasteiger partial charge in [0, 0.05) is 17.7 Å². The van der Waals surface area contributed by atoms with Gasteiger partial charge in [-0.25, -0.2) is 4.98 Å². The van der Waals surface area contributed by atoms with Gasteiger partial charge >= 0.3 is 5.97 Å². The summed E-state index contributed by atoms with van der Waals surface area (Å²) in [6, 6.07) is 3.56. The Bertz CT molecular complexity index is 1270. The first-order valence-corrected chi connectivity index (χ1v) is 16.1. The number of esters is 1. The zero-order chi connectivity index (χ0) is 30.1. The number of cyclic esters (lactones) is 1. The van der Waals surface area contributed by atoms with Crippen LogP contribution >= 0.6 is 22.7 Å². The first kappa shape index (κ1) is 31.5. The zero-order valence-corrected chi connectivity index (χ0v) is 26.3. The van der Waals surface area contributed by atoms with Crippen LogP contribution in [0.25, 0.3) is 6.08 Å². The first-order chi connectivity index (χ1) is 19.3. The molecule has 41 heavy (non-hydrogen) atoms. The fourth-order valence-corrected chi connectivity index (χ4v) is 7.16. The van der Waals surface area contributed by atoms with Gasteiger partial charge in [0.05, 0.1) is 51.7 Å². The van der Waals surface area contributed by atoms with Crippen molar-refractivity contribution < 1.29 is 29.3 Å². The Morgan fingerprint density at radius 3 is 2.54 bits per heavy atom. The van der Waals surface area contributed by atoms with Gasteiger partial charge in [0.25, 0.3) is 5.91 Å². The summed E-state index contributed by atoms with van der Waals surface area (Å²) in [7, 11) is 0. The molecule has 8 nitrogen and oxygen atoms in total. The van der Waals surface area contributed by atoms with Crippen LogP contribution in [-0.4, -0.2) is 68.2 Å². The molecule has 2 N–H and O–H groups in total. The van der Waals surface area contributed by atoms with Crippen LogP contribution in [0.15, 0.2) is 28.5 Å². The van der Waals surface area contributed by atoms with Crippen LogP contribution in [0.5, 0.6) is 0 Å². The standard InChI is InChI=1S/C31H42N2O6S2/c1-17-9-7-10-22-23(33(22)30(38)25-11-8-12-40-25)14-24(18(2)13-21-16-41-20(4)32-21)39-27(35)15-26(34)31(5,6)29(37)19(3)28(17)36/h8,11-13,16-17,19,22-24,26,28,34,36H,7,9-10,14-15H2,1-6H3/b18-13+/t17-,19+,22+,23?,24?,26-,28-,33?/m0/s1. The minimum Gasteiger partial charge on any atom is -0.458 e. The van der Waals surface area contributed by atoms with Gasteiger partial charge in [-0.2, -0.15) is 0 Å². The number of aliphatic hydroxyl groups is 2. The number of carbonyl (C=O) groups excluding carboxylic acids is 3. The Balaban J connectivity index is 1.65. The minimum atomic E-state index is -1.28. The van der Waals surface area contributed by atoms with E-state index in [1.807, 2.05) is 54.6 Å². The first-order valence-electron chi connectivity index (χ1n) is 14.4. The van der Waals surface area contributed by atoms with Gasteiger partial charge in [0.2, 0.25) is 0 Å². The largest absolute Gasteiger partial charge is 0.458 e. The van der Waals surface area contributed by atoms with Crippen molar-refractivity contribution in [2.75, 3.05) is 0 Å². The van der Waals surface area contributed by atoms with Gasteiger partial charge in [-0.15, -0.1) is 22.7 Å². The summed E-state index contributed by atoms with van der Waals surface area (Å²) in [5, 5.41) is 26.8. The van der Waals surface area contributed by atoms with Crippen molar-refractivity contribution in [3.63, 3.8) is 0 Å². The average Bonchev–Trinajstić information content (AvgIpc) is 3.25. The summed E-state index contributed by atoms with van der Waals surface area (Å²) in [5.74, 6) is -1.78. The van der Waals surface area contributed by atoms with Crippen LogP contribution in [0.1, 0.15) is 87.1 Å². The average molecular weight is 603 g/mol. The van der Waals surface area contributed by atoms with Crippen molar-refractivity contribution in [2.45, 2.75) is 104 Å². The highest BCUT2D eigenvalue weighted by Crippen LogP contribution is 2.41. The molecule has 10 heteroatoms. The number of rotatable bonds is 3. The molecule has 4 heterocycles. The molecule has 2 saturated heterocycles. The van der Waals surface area contributed by atoms with Gasteiger partial charge in [0.1, 0.15) is 11.9 Å². The number of aliphatic hydroxyl groups excluding tert-OH is 2. The molecule has 1 amide bonds. The number of ketones is 1. The Morgan fingerprint density at radius 1 is 1.17 bits per heavy atom. The number of aromatic nitrogens is 1. The lowest BCUT2D eigenvalue weighted by atomic mass is 9.73. The van der Waals surface area contributed by atoms with Crippen LogP contribution in [-0.2, 0) is 14.3 Å². The molecule has 0 saturated carbocycles. The van der Waals surface area contributed by atoms with Crippen molar-refractivity contribution in [3.05, 3.63) is 44.0 Å². The van der Waals surface area contributed by atoms with E-state index in [0.717, 1.165) is 29.1 Å². The third kappa shape index (κ3) is 7.16. The zero-order valence-electron chi connectivity index (χ0n) is 24.7. The number of nitrogens with zero attached hydrogens (tertiary/aromatic N) is 2. The molecule has 0 aliphatic carbocycles. The number of amides is 1. The van der Waals surface area contributed by atoms with Crippen molar-refractivity contribution in [1.29, 1.82) is 0 Å². The van der Waals surface area contributed by atoms with Crippen LogP contribution in [0.4, 0.5) is 0 Å². The number of aryl methyl sites for hydroxylation is 1. The number of carbonyl (C=O) groups is 3. The van der Waals surface area contributed by atoms with Gasteiger partial charge < -0.3 is 19.8 Å². The van der Waals surface area contributed by atoms with Crippen molar-refractivity contribution >= 4 is 46.4 Å². The molecular weight excluding hydrogens is 560 g/mol. The van der Waals surface area contributed by atoms with E-state index < -0.39 is 35.6 Å². The smallest absolute Gasteiger partial charge is 0.309 e. The van der Waals surface area contributed by atoms with E-state index in [1.165, 1.54) is 22.7 Å². The molecule has 2 fully saturated rings. The summed E-state index contributed by atoms with van der Waals surface area (Å²) >= 11 is 2.94. The molecule has 7 atom stereocenters. The topological polar surface area (TPSA) is 117 Å². The predicted molar refractivity (Wildman–Crippen MR) is 161 cm³/mol. The number of hydrogen-bond donors (Lipinski definition) is 2. The number of Topliss-reactive ketones (excluding diaryl/α,β-unsaturated/α-hetero) is 1. The third-order valence-electron chi connectivity index (χ3n) is 8.78. The molecular formula is C31H42N2O6S2. The number of fused-ring (bicyclic) bond motifs is 1. The van der Waals surface area contributed by atoms with Crippen LogP contribution in [0.3, 0.4) is 0 Å². The number of hydrogen-bond acceptors (Lipinski definition) is 9. The maximum Gasteiger partial charge on any atom is 0.309 e. The molecule has 2 aliphatic rings. The number of thiazole rings is 1. The summed E-state index contributed by atoms with van der Waals surface area (Å²) in [6.45, 7) is 10.7. The predicted octanol–water partition coefficient (Wildman–Crippen LogP) is 5.27. The van der Waals surface area contributed by atoms with Crippen molar-refractivity contribution in [3.8, 4) is 0 Å². The number of thiophene rings is 1. The summed E-state index contributed by atoms with van der Waals surface area (Å²) in [6.07, 6.45) is 1.41. The van der Waals surface area contributed by atoms with E-state index in [0.29, 0.717) is 17.7 Å². The molecule has 224 valence electrons. The second kappa shape index (κ2) is 12.9. The van der Waals surface area contributed by atoms with Gasteiger partial charge in [-0.1, -0.05) is 40.2 Å². The lowest BCUT2D eigenvalue weighted by Crippen LogP contribution is -2.45. The Labute approximate surface area is 250 Å². The maximum absolute atomic E-state index is 13.4. The second-order valence-electron chi connectivity index (χ2n) is 12.2. The van der Waals surface area contributed by atoms with E-state index in [9.17, 15) is 24.6 Å². The molecule has 0 spiro atoms. The van der Waals surface area contributed by atoms with Crippen LogP contribution in [0, 0.1) is 24.2 Å². The van der Waals surface area contributed by atoms with E-state index in [4.69, 9.17) is 4.74 Å². The number of ether oxygens (including phenoxy) is 1. The lowest BCUT2D eigenvalue weighted by Gasteiger charge is -2.34. The lowest BCUT2D eigenvalue weighted by molar-refractivity contribution is -0.154. The fourth-order valence-electron chi connectivity index (χ4n) is 5.92. The van der Waals surface area contributed by atoms with E-state index in [-0.39, 0.29) is 36.1 Å². The highest BCUT2D eigenvalue weighted by molar-refractivity contribution is 7.12. The molecule has 0 aromatic carbocycles. The minimum absolute atomic E-state index is 0.0130. The molecule has 2 aliphatic heterocycles. The summed E-state index contributed by atoms with van der Waals surface area (Å²) in [4.78, 5) is 47.1. The summed E-state index contributed by atoms with van der Waals surface area (Å²) < 4.78 is 5.98. The summed E-state index contributed by atoms with van der Waals surface area (Å²) in [5.41, 5.74) is 0.328. The quantitative estimate of drug-likeness (QED) is 0.363. The van der Waals surface area contributed by atoms with E-state index >= 15 is 0 Å². The molecule has 0 radical (unpaired) electrons. The highest BCUT2D eigenvalue weighted by atomic mass is 32.1. The Kier molecular flexibility index (Phi) is 9.89. The van der Waals surface area contributed by atoms with E-state index in [2.05, 4.69) is 4.98 Å². The Hall–Kier alpha value is -2.40. The van der Waals surface area contributed by atoms with Gasteiger partial charge in [0.15, 0.2) is 0 Å². The van der Waals surface area contributed by atoms with Crippen LogP contribution < -0.4 is 0 Å². The van der Waals surface area contributed by atoms with Crippen molar-refractivity contribution in [2.24, 2.45) is 17.3 Å². The Morgan fingerprint density at radius 2 is 1.90 bits per heavy atom. The van der Waals surface area contributed by atoms with E-state index in [1.54, 1.807) is 20.8 Å². The highest BCUT2D eigenvalue weighted by Gasteiger charge is 2.52.